The minimum absolute atomic E-state index is 0.287. The highest BCUT2D eigenvalue weighted by Gasteiger charge is 2.17. The molecule has 1 aromatic heterocycles. The van der Waals surface area contributed by atoms with Gasteiger partial charge in [0, 0.05) is 12.4 Å². The normalized spacial score (nSPS) is 18.9. The Labute approximate surface area is 110 Å². The van der Waals surface area contributed by atoms with Crippen molar-refractivity contribution in [1.82, 2.24) is 15.0 Å². The molecule has 1 unspecified atom stereocenters. The molecule has 2 heterocycles. The van der Waals surface area contributed by atoms with Gasteiger partial charge < -0.3 is 9.47 Å². The highest BCUT2D eigenvalue weighted by molar-refractivity contribution is 7.99. The SMILES string of the molecule is CCOc1nc(NN)nc(SCC2CCCO2)n1. The third-order valence-corrected chi connectivity index (χ3v) is 3.40. The second-order valence-electron chi connectivity index (χ2n) is 3.75. The molecule has 1 atom stereocenters. The molecular formula is C10H17N5O2S. The van der Waals surface area contributed by atoms with E-state index in [2.05, 4.69) is 20.4 Å². The van der Waals surface area contributed by atoms with Crippen molar-refractivity contribution in [3.05, 3.63) is 0 Å². The molecular weight excluding hydrogens is 254 g/mol. The number of hydrogen-bond donors (Lipinski definition) is 2. The predicted molar refractivity (Wildman–Crippen MR) is 68.5 cm³/mol. The molecule has 3 N–H and O–H groups in total. The lowest BCUT2D eigenvalue weighted by Crippen LogP contribution is -2.13. The molecule has 100 valence electrons. The molecule has 0 aromatic carbocycles. The zero-order chi connectivity index (χ0) is 12.8. The van der Waals surface area contributed by atoms with E-state index in [0.717, 1.165) is 25.2 Å². The summed E-state index contributed by atoms with van der Waals surface area (Å²) >= 11 is 1.52. The summed E-state index contributed by atoms with van der Waals surface area (Å²) in [7, 11) is 0. The van der Waals surface area contributed by atoms with Crippen LogP contribution >= 0.6 is 11.8 Å². The van der Waals surface area contributed by atoms with Crippen molar-refractivity contribution in [2.75, 3.05) is 24.4 Å². The van der Waals surface area contributed by atoms with E-state index in [-0.39, 0.29) is 12.1 Å². The number of nitrogens with zero attached hydrogens (tertiary/aromatic N) is 3. The molecule has 1 aliphatic rings. The Balaban J connectivity index is 1.98. The van der Waals surface area contributed by atoms with E-state index >= 15 is 0 Å². The zero-order valence-corrected chi connectivity index (χ0v) is 11.1. The molecule has 2 rings (SSSR count). The second kappa shape index (κ2) is 6.72. The van der Waals surface area contributed by atoms with Gasteiger partial charge in [0.25, 0.3) is 0 Å². The van der Waals surface area contributed by atoms with Gasteiger partial charge in [-0.25, -0.2) is 5.84 Å². The van der Waals surface area contributed by atoms with Crippen LogP contribution in [0.2, 0.25) is 0 Å². The summed E-state index contributed by atoms with van der Waals surface area (Å²) in [5, 5.41) is 0.594. The third-order valence-electron chi connectivity index (χ3n) is 2.42. The van der Waals surface area contributed by atoms with Gasteiger partial charge in [-0.05, 0) is 19.8 Å². The van der Waals surface area contributed by atoms with Gasteiger partial charge in [0.15, 0.2) is 5.16 Å². The van der Waals surface area contributed by atoms with E-state index in [1.807, 2.05) is 6.92 Å². The summed E-state index contributed by atoms with van der Waals surface area (Å²) in [4.78, 5) is 12.4. The van der Waals surface area contributed by atoms with Crippen LogP contribution in [0.4, 0.5) is 5.95 Å². The van der Waals surface area contributed by atoms with Crippen LogP contribution in [0.15, 0.2) is 5.16 Å². The van der Waals surface area contributed by atoms with Gasteiger partial charge in [0.2, 0.25) is 5.95 Å². The highest BCUT2D eigenvalue weighted by Crippen LogP contribution is 2.22. The average molecular weight is 271 g/mol. The molecule has 0 aliphatic carbocycles. The van der Waals surface area contributed by atoms with Crippen molar-refractivity contribution in [3.8, 4) is 6.01 Å². The molecule has 0 bridgehead atoms. The summed E-state index contributed by atoms with van der Waals surface area (Å²) in [5.74, 6) is 6.45. The van der Waals surface area contributed by atoms with Gasteiger partial charge in [-0.3, -0.25) is 5.43 Å². The van der Waals surface area contributed by atoms with E-state index in [9.17, 15) is 0 Å². The summed E-state index contributed by atoms with van der Waals surface area (Å²) < 4.78 is 10.8. The van der Waals surface area contributed by atoms with Crippen LogP contribution in [0.25, 0.3) is 0 Å². The molecule has 0 saturated carbocycles. The fourth-order valence-corrected chi connectivity index (χ4v) is 2.50. The van der Waals surface area contributed by atoms with Crippen LogP contribution in [0.1, 0.15) is 19.8 Å². The van der Waals surface area contributed by atoms with E-state index in [0.29, 0.717) is 17.7 Å². The van der Waals surface area contributed by atoms with Crippen LogP contribution in [0, 0.1) is 0 Å². The van der Waals surface area contributed by atoms with E-state index in [4.69, 9.17) is 15.3 Å². The quantitative estimate of drug-likeness (QED) is 0.446. The largest absolute Gasteiger partial charge is 0.464 e. The lowest BCUT2D eigenvalue weighted by Gasteiger charge is -2.09. The number of hydrogen-bond acceptors (Lipinski definition) is 8. The van der Waals surface area contributed by atoms with Crippen LogP contribution in [-0.4, -0.2) is 40.0 Å². The maximum atomic E-state index is 5.55. The summed E-state index contributed by atoms with van der Waals surface area (Å²) in [6.45, 7) is 3.23. The van der Waals surface area contributed by atoms with Crippen LogP contribution in [-0.2, 0) is 4.74 Å². The number of hydrazine groups is 1. The van der Waals surface area contributed by atoms with Crippen LogP contribution in [0.5, 0.6) is 6.01 Å². The van der Waals surface area contributed by atoms with E-state index in [1.165, 1.54) is 11.8 Å². The minimum atomic E-state index is 0.287. The molecule has 7 nitrogen and oxygen atoms in total. The van der Waals surface area contributed by atoms with Crippen molar-refractivity contribution in [2.24, 2.45) is 5.84 Å². The van der Waals surface area contributed by atoms with Crippen molar-refractivity contribution in [2.45, 2.75) is 31.0 Å². The Bertz CT molecular complexity index is 387. The van der Waals surface area contributed by atoms with Crippen molar-refractivity contribution < 1.29 is 9.47 Å². The molecule has 1 fully saturated rings. The summed E-state index contributed by atoms with van der Waals surface area (Å²) in [6, 6.07) is 0.287. The average Bonchev–Trinajstić information content (AvgIpc) is 2.89. The number of nitrogens with one attached hydrogen (secondary N) is 1. The third kappa shape index (κ3) is 3.69. The standard InChI is InChI=1S/C10H17N5O2S/c1-2-16-9-12-8(15-11)13-10(14-9)18-6-7-4-3-5-17-7/h7H,2-6,11H2,1H3,(H,12,13,14,15). The first-order chi connectivity index (χ1) is 8.81. The monoisotopic (exact) mass is 271 g/mol. The summed E-state index contributed by atoms with van der Waals surface area (Å²) in [6.07, 6.45) is 2.51. The minimum Gasteiger partial charge on any atom is -0.464 e. The Morgan fingerprint density at radius 2 is 2.39 bits per heavy atom. The topological polar surface area (TPSA) is 95.2 Å². The van der Waals surface area contributed by atoms with E-state index in [1.54, 1.807) is 0 Å². The molecule has 0 spiro atoms. The number of aromatic nitrogens is 3. The van der Waals surface area contributed by atoms with Gasteiger partial charge >= 0.3 is 6.01 Å². The van der Waals surface area contributed by atoms with Crippen LogP contribution in [0.3, 0.4) is 0 Å². The molecule has 0 radical (unpaired) electrons. The number of rotatable bonds is 6. The van der Waals surface area contributed by atoms with E-state index < -0.39 is 0 Å². The molecule has 18 heavy (non-hydrogen) atoms. The molecule has 1 saturated heterocycles. The summed E-state index contributed by atoms with van der Waals surface area (Å²) in [5.41, 5.74) is 2.41. The van der Waals surface area contributed by atoms with Crippen LogP contribution < -0.4 is 16.0 Å². The molecule has 8 heteroatoms. The molecule has 1 aromatic rings. The lowest BCUT2D eigenvalue weighted by molar-refractivity contribution is 0.129. The van der Waals surface area contributed by atoms with Crippen molar-refractivity contribution in [1.29, 1.82) is 0 Å². The Morgan fingerprint density at radius 3 is 3.06 bits per heavy atom. The fourth-order valence-electron chi connectivity index (χ4n) is 1.60. The number of ether oxygens (including phenoxy) is 2. The number of nitrogens with two attached hydrogens (primary N) is 1. The Morgan fingerprint density at radius 1 is 1.50 bits per heavy atom. The first kappa shape index (κ1) is 13.3. The predicted octanol–water partition coefficient (Wildman–Crippen LogP) is 0.827. The van der Waals surface area contributed by atoms with Gasteiger partial charge in [0.05, 0.1) is 12.7 Å². The number of nitrogen functional groups attached to an aromatic ring is 1. The fraction of sp³-hybridized carbons (Fsp3) is 0.700. The highest BCUT2D eigenvalue weighted by atomic mass is 32.2. The van der Waals surface area contributed by atoms with Gasteiger partial charge in [-0.15, -0.1) is 0 Å². The van der Waals surface area contributed by atoms with Crippen molar-refractivity contribution in [3.63, 3.8) is 0 Å². The maximum absolute atomic E-state index is 5.55. The number of anilines is 1. The van der Waals surface area contributed by atoms with Gasteiger partial charge in [0.1, 0.15) is 0 Å². The first-order valence-electron chi connectivity index (χ1n) is 5.91. The smallest absolute Gasteiger partial charge is 0.322 e. The molecule has 1 aliphatic heterocycles. The van der Waals surface area contributed by atoms with Gasteiger partial charge in [-0.1, -0.05) is 11.8 Å². The van der Waals surface area contributed by atoms with Crippen molar-refractivity contribution >= 4 is 17.7 Å². The lowest BCUT2D eigenvalue weighted by atomic mass is 10.3. The zero-order valence-electron chi connectivity index (χ0n) is 10.3. The number of thioether (sulfide) groups is 1. The first-order valence-corrected chi connectivity index (χ1v) is 6.90. The molecule has 0 amide bonds. The Kier molecular flexibility index (Phi) is 4.97. The van der Waals surface area contributed by atoms with Gasteiger partial charge in [-0.2, -0.15) is 15.0 Å². The maximum Gasteiger partial charge on any atom is 0.322 e. The Hall–Kier alpha value is -1.12. The second-order valence-corrected chi connectivity index (χ2v) is 4.73.